The Bertz CT molecular complexity index is 482. The van der Waals surface area contributed by atoms with Gasteiger partial charge in [0.2, 0.25) is 0 Å². The summed E-state index contributed by atoms with van der Waals surface area (Å²) in [5.74, 6) is -1.45. The number of ether oxygens (including phenoxy) is 2. The lowest BCUT2D eigenvalue weighted by molar-refractivity contribution is -0.158. The number of allylic oxidation sites excluding steroid dienone is 5. The zero-order valence-corrected chi connectivity index (χ0v) is 15.3. The summed E-state index contributed by atoms with van der Waals surface area (Å²) in [4.78, 5) is 22.3. The first-order chi connectivity index (χ1) is 11.3. The molecule has 24 heavy (non-hydrogen) atoms. The number of hydrogen-bond donors (Lipinski definition) is 1. The molecule has 0 amide bonds. The molecule has 0 heterocycles. The molecule has 136 valence electrons. The molecule has 0 radical (unpaired) electrons. The fourth-order valence-electron chi connectivity index (χ4n) is 1.91. The Hall–Kier alpha value is -1.88. The molecule has 5 nitrogen and oxygen atoms in total. The molecule has 0 aromatic carbocycles. The van der Waals surface area contributed by atoms with Gasteiger partial charge in [-0.15, -0.1) is 0 Å². The largest absolute Gasteiger partial charge is 0.461 e. The topological polar surface area (TPSA) is 72.8 Å². The third-order valence-corrected chi connectivity index (χ3v) is 3.31. The highest BCUT2D eigenvalue weighted by molar-refractivity contribution is 5.91. The smallest absolute Gasteiger partial charge is 0.319 e. The molecule has 5 heteroatoms. The summed E-state index contributed by atoms with van der Waals surface area (Å²) < 4.78 is 9.16. The minimum absolute atomic E-state index is 0.139. The highest BCUT2D eigenvalue weighted by Gasteiger charge is 2.10. The standard InChI is InChI=1S/C19H30O5/c1-15(2)7-5-8-16(3)9-6-10-17(4)11-12-23-18(21)13-19(22)24-14-20/h7,9,11,20H,5-6,8,10,12-14H2,1-4H3/b16-9+,17-11+. The maximum atomic E-state index is 11.3. The first-order valence-electron chi connectivity index (χ1n) is 8.22. The monoisotopic (exact) mass is 338 g/mol. The van der Waals surface area contributed by atoms with Crippen LogP contribution in [0.15, 0.2) is 34.9 Å². The molecule has 0 aromatic heterocycles. The van der Waals surface area contributed by atoms with E-state index in [4.69, 9.17) is 9.84 Å². The van der Waals surface area contributed by atoms with Crippen molar-refractivity contribution in [1.29, 1.82) is 0 Å². The molecule has 0 aromatic rings. The average Bonchev–Trinajstić information content (AvgIpc) is 2.46. The fraction of sp³-hybridized carbons (Fsp3) is 0.579. The van der Waals surface area contributed by atoms with Crippen molar-refractivity contribution in [2.45, 2.75) is 59.8 Å². The molecule has 0 fully saturated rings. The van der Waals surface area contributed by atoms with E-state index in [2.05, 4.69) is 37.7 Å². The molecular weight excluding hydrogens is 308 g/mol. The lowest BCUT2D eigenvalue weighted by Gasteiger charge is -2.04. The van der Waals surface area contributed by atoms with Gasteiger partial charge in [0.15, 0.2) is 6.79 Å². The van der Waals surface area contributed by atoms with Gasteiger partial charge in [0, 0.05) is 0 Å². The van der Waals surface area contributed by atoms with Crippen LogP contribution in [0, 0.1) is 0 Å². The Morgan fingerprint density at radius 2 is 1.38 bits per heavy atom. The molecule has 0 atom stereocenters. The van der Waals surface area contributed by atoms with Crippen molar-refractivity contribution in [3.05, 3.63) is 34.9 Å². The summed E-state index contributed by atoms with van der Waals surface area (Å²) >= 11 is 0. The van der Waals surface area contributed by atoms with E-state index in [9.17, 15) is 9.59 Å². The van der Waals surface area contributed by atoms with Crippen molar-refractivity contribution >= 4 is 11.9 Å². The van der Waals surface area contributed by atoms with E-state index >= 15 is 0 Å². The van der Waals surface area contributed by atoms with Crippen molar-refractivity contribution in [2.24, 2.45) is 0 Å². The van der Waals surface area contributed by atoms with E-state index in [1.807, 2.05) is 13.0 Å². The zero-order chi connectivity index (χ0) is 18.4. The molecule has 0 unspecified atom stereocenters. The first-order valence-corrected chi connectivity index (χ1v) is 8.22. The Labute approximate surface area is 145 Å². The van der Waals surface area contributed by atoms with Gasteiger partial charge in [0.05, 0.1) is 0 Å². The number of hydrogen-bond acceptors (Lipinski definition) is 5. The maximum Gasteiger partial charge on any atom is 0.319 e. The molecule has 0 aliphatic rings. The Balaban J connectivity index is 3.96. The van der Waals surface area contributed by atoms with E-state index in [-0.39, 0.29) is 6.61 Å². The number of carbonyl (C=O) groups excluding carboxylic acids is 2. The normalized spacial score (nSPS) is 11.9. The second-order valence-electron chi connectivity index (χ2n) is 5.97. The SMILES string of the molecule is CC(C)=CCC/C(C)=C/CC/C(C)=C/COC(=O)CC(=O)OCO. The number of carbonyl (C=O) groups is 2. The maximum absolute atomic E-state index is 11.3. The predicted molar refractivity (Wildman–Crippen MR) is 94.2 cm³/mol. The summed E-state index contributed by atoms with van der Waals surface area (Å²) in [6, 6.07) is 0. The van der Waals surface area contributed by atoms with E-state index in [1.165, 1.54) is 11.1 Å². The van der Waals surface area contributed by atoms with Crippen LogP contribution in [-0.4, -0.2) is 30.4 Å². The molecule has 0 aliphatic carbocycles. The van der Waals surface area contributed by atoms with Gasteiger partial charge in [-0.3, -0.25) is 9.59 Å². The minimum Gasteiger partial charge on any atom is -0.461 e. The van der Waals surface area contributed by atoms with Crippen LogP contribution in [0.3, 0.4) is 0 Å². The van der Waals surface area contributed by atoms with Gasteiger partial charge in [0.1, 0.15) is 13.0 Å². The van der Waals surface area contributed by atoms with Crippen LogP contribution in [0.5, 0.6) is 0 Å². The molecule has 0 saturated heterocycles. The summed E-state index contributed by atoms with van der Waals surface area (Å²) in [6.45, 7) is 7.75. The first kappa shape index (κ1) is 22.1. The lowest BCUT2D eigenvalue weighted by Crippen LogP contribution is -2.14. The van der Waals surface area contributed by atoms with Crippen molar-refractivity contribution < 1.29 is 24.2 Å². The summed E-state index contributed by atoms with van der Waals surface area (Å²) in [7, 11) is 0. The third-order valence-electron chi connectivity index (χ3n) is 3.31. The summed E-state index contributed by atoms with van der Waals surface area (Å²) in [6.07, 6.45) is 9.86. The van der Waals surface area contributed by atoms with Gasteiger partial charge in [0.25, 0.3) is 0 Å². The van der Waals surface area contributed by atoms with Crippen LogP contribution in [0.1, 0.15) is 59.8 Å². The van der Waals surface area contributed by atoms with Gasteiger partial charge in [-0.25, -0.2) is 0 Å². The quantitative estimate of drug-likeness (QED) is 0.268. The highest BCUT2D eigenvalue weighted by Crippen LogP contribution is 2.11. The molecule has 0 rings (SSSR count). The van der Waals surface area contributed by atoms with Gasteiger partial charge in [-0.2, -0.15) is 0 Å². The van der Waals surface area contributed by atoms with Gasteiger partial charge in [-0.1, -0.05) is 28.9 Å². The number of esters is 2. The van der Waals surface area contributed by atoms with Gasteiger partial charge in [-0.05, 0) is 59.5 Å². The minimum atomic E-state index is -0.795. The summed E-state index contributed by atoms with van der Waals surface area (Å²) in [5.41, 5.74) is 3.86. The van der Waals surface area contributed by atoms with Crippen LogP contribution in [0.4, 0.5) is 0 Å². The van der Waals surface area contributed by atoms with Crippen LogP contribution < -0.4 is 0 Å². The molecule has 0 spiro atoms. The predicted octanol–water partition coefficient (Wildman–Crippen LogP) is 3.83. The molecule has 0 bridgehead atoms. The second kappa shape index (κ2) is 13.5. The Morgan fingerprint density at radius 1 is 0.833 bits per heavy atom. The average molecular weight is 338 g/mol. The van der Waals surface area contributed by atoms with Crippen molar-refractivity contribution in [2.75, 3.05) is 13.4 Å². The summed E-state index contributed by atoms with van der Waals surface area (Å²) in [5, 5.41) is 8.38. The van der Waals surface area contributed by atoms with Crippen LogP contribution in [-0.2, 0) is 19.1 Å². The molecule has 1 N–H and O–H groups in total. The second-order valence-corrected chi connectivity index (χ2v) is 5.97. The Morgan fingerprint density at radius 3 is 1.96 bits per heavy atom. The molecule has 0 saturated carbocycles. The zero-order valence-electron chi connectivity index (χ0n) is 15.3. The highest BCUT2D eigenvalue weighted by atomic mass is 16.6. The number of aliphatic hydroxyl groups is 1. The lowest BCUT2D eigenvalue weighted by atomic mass is 10.1. The van der Waals surface area contributed by atoms with Crippen LogP contribution >= 0.6 is 0 Å². The van der Waals surface area contributed by atoms with Gasteiger partial charge < -0.3 is 14.6 Å². The van der Waals surface area contributed by atoms with Crippen molar-refractivity contribution in [3.8, 4) is 0 Å². The van der Waals surface area contributed by atoms with Crippen molar-refractivity contribution in [1.82, 2.24) is 0 Å². The molecule has 0 aliphatic heterocycles. The van der Waals surface area contributed by atoms with Gasteiger partial charge >= 0.3 is 11.9 Å². The van der Waals surface area contributed by atoms with Crippen LogP contribution in [0.2, 0.25) is 0 Å². The fourth-order valence-corrected chi connectivity index (χ4v) is 1.91. The van der Waals surface area contributed by atoms with E-state index < -0.39 is 25.2 Å². The van der Waals surface area contributed by atoms with Crippen molar-refractivity contribution in [3.63, 3.8) is 0 Å². The van der Waals surface area contributed by atoms with E-state index in [0.29, 0.717) is 0 Å². The number of aliphatic hydroxyl groups excluding tert-OH is 1. The van der Waals surface area contributed by atoms with E-state index in [1.54, 1.807) is 0 Å². The molecular formula is C19H30O5. The third kappa shape index (κ3) is 13.8. The number of rotatable bonds is 11. The van der Waals surface area contributed by atoms with Crippen LogP contribution in [0.25, 0.3) is 0 Å². The van der Waals surface area contributed by atoms with E-state index in [0.717, 1.165) is 31.3 Å². The Kier molecular flexibility index (Phi) is 12.5.